The van der Waals surface area contributed by atoms with Crippen LogP contribution in [0.1, 0.15) is 44.2 Å². The van der Waals surface area contributed by atoms with Gasteiger partial charge in [0.1, 0.15) is 6.54 Å². The zero-order valence-corrected chi connectivity index (χ0v) is 18.3. The van der Waals surface area contributed by atoms with Gasteiger partial charge in [-0.2, -0.15) is 0 Å². The lowest BCUT2D eigenvalue weighted by Crippen LogP contribution is -2.46. The van der Waals surface area contributed by atoms with Gasteiger partial charge in [-0.1, -0.05) is 30.3 Å². The van der Waals surface area contributed by atoms with Crippen molar-refractivity contribution in [2.45, 2.75) is 26.3 Å². The zero-order chi connectivity index (χ0) is 20.4. The molecule has 150 valence electrons. The van der Waals surface area contributed by atoms with Crippen LogP contribution in [0.15, 0.2) is 53.2 Å². The molecule has 0 fully saturated rings. The summed E-state index contributed by atoms with van der Waals surface area (Å²) < 4.78 is 0. The number of fused-ring (bicyclic) bond motifs is 1. The molecule has 4 rings (SSSR count). The molecule has 3 heterocycles. The Hall–Kier alpha value is -2.44. The van der Waals surface area contributed by atoms with Crippen LogP contribution < -0.4 is 0 Å². The molecular weight excluding hydrogens is 400 g/mol. The maximum Gasteiger partial charge on any atom is 0.264 e. The Morgan fingerprint density at radius 1 is 1.07 bits per heavy atom. The van der Waals surface area contributed by atoms with E-state index in [4.69, 9.17) is 0 Å². The van der Waals surface area contributed by atoms with E-state index in [-0.39, 0.29) is 24.4 Å². The van der Waals surface area contributed by atoms with Crippen LogP contribution in [-0.2, 0) is 11.2 Å². The standard InChI is InChI=1S/C23H24N2O2S2/c1-3-24(23(27)20-9-6-13-28-20)15-21(26)25-12-10-19-18(11-14-29-19)22(25)17-8-5-4-7-16(17)2/h4-9,11,13-14,22H,3,10,12,15H2,1-2H3. The van der Waals surface area contributed by atoms with Gasteiger partial charge in [0.05, 0.1) is 10.9 Å². The Morgan fingerprint density at radius 2 is 1.90 bits per heavy atom. The summed E-state index contributed by atoms with van der Waals surface area (Å²) in [6.45, 7) is 5.31. The van der Waals surface area contributed by atoms with Crippen LogP contribution in [0.5, 0.6) is 0 Å². The predicted octanol–water partition coefficient (Wildman–Crippen LogP) is 4.75. The summed E-state index contributed by atoms with van der Waals surface area (Å²) in [5.41, 5.74) is 3.56. The van der Waals surface area contributed by atoms with Gasteiger partial charge in [0.25, 0.3) is 5.91 Å². The molecule has 6 heteroatoms. The molecule has 1 atom stereocenters. The number of nitrogens with zero attached hydrogens (tertiary/aromatic N) is 2. The van der Waals surface area contributed by atoms with Gasteiger partial charge in [-0.3, -0.25) is 9.59 Å². The van der Waals surface area contributed by atoms with Gasteiger partial charge in [-0.15, -0.1) is 22.7 Å². The van der Waals surface area contributed by atoms with E-state index >= 15 is 0 Å². The smallest absolute Gasteiger partial charge is 0.264 e. The number of rotatable bonds is 5. The van der Waals surface area contributed by atoms with E-state index in [0.717, 1.165) is 12.0 Å². The highest BCUT2D eigenvalue weighted by molar-refractivity contribution is 7.12. The first-order chi connectivity index (χ1) is 14.1. The maximum absolute atomic E-state index is 13.4. The molecule has 1 aromatic carbocycles. The average Bonchev–Trinajstić information content (AvgIpc) is 3.43. The zero-order valence-electron chi connectivity index (χ0n) is 16.6. The first-order valence-corrected chi connectivity index (χ1v) is 11.6. The number of carbonyl (C=O) groups is 2. The number of benzene rings is 1. The summed E-state index contributed by atoms with van der Waals surface area (Å²) in [4.78, 5) is 31.8. The van der Waals surface area contributed by atoms with Crippen molar-refractivity contribution in [3.63, 3.8) is 0 Å². The Balaban J connectivity index is 1.63. The van der Waals surface area contributed by atoms with E-state index < -0.39 is 0 Å². The number of thiophene rings is 2. The fraction of sp³-hybridized carbons (Fsp3) is 0.304. The van der Waals surface area contributed by atoms with Crippen LogP contribution >= 0.6 is 22.7 Å². The molecule has 0 radical (unpaired) electrons. The van der Waals surface area contributed by atoms with E-state index in [1.165, 1.54) is 27.3 Å². The quantitative estimate of drug-likeness (QED) is 0.593. The van der Waals surface area contributed by atoms with Gasteiger partial charge in [0.15, 0.2) is 0 Å². The minimum absolute atomic E-state index is 0.00172. The van der Waals surface area contributed by atoms with Crippen LogP contribution in [0.3, 0.4) is 0 Å². The molecule has 2 aromatic heterocycles. The summed E-state index contributed by atoms with van der Waals surface area (Å²) >= 11 is 3.18. The third-order valence-electron chi connectivity index (χ3n) is 5.50. The SMILES string of the molecule is CCN(CC(=O)N1CCc2sccc2C1c1ccccc1C)C(=O)c1cccs1. The fourth-order valence-corrected chi connectivity index (χ4v) is 5.55. The molecule has 0 spiro atoms. The number of amides is 2. The van der Waals surface area contributed by atoms with Gasteiger partial charge in [-0.25, -0.2) is 0 Å². The summed E-state index contributed by atoms with van der Waals surface area (Å²) in [5, 5.41) is 4.00. The van der Waals surface area contributed by atoms with E-state index in [9.17, 15) is 9.59 Å². The minimum Gasteiger partial charge on any atom is -0.330 e. The van der Waals surface area contributed by atoms with Gasteiger partial charge in [-0.05, 0) is 59.9 Å². The Kier molecular flexibility index (Phi) is 5.83. The molecule has 1 aliphatic rings. The van der Waals surface area contributed by atoms with Crippen molar-refractivity contribution in [3.8, 4) is 0 Å². The molecule has 1 aliphatic heterocycles. The van der Waals surface area contributed by atoms with Crippen LogP contribution in [0.25, 0.3) is 0 Å². The number of carbonyl (C=O) groups excluding carboxylic acids is 2. The number of hydrogen-bond acceptors (Lipinski definition) is 4. The molecule has 0 saturated carbocycles. The molecule has 0 bridgehead atoms. The van der Waals surface area contributed by atoms with Gasteiger partial charge in [0.2, 0.25) is 5.91 Å². The van der Waals surface area contributed by atoms with Crippen LogP contribution in [-0.4, -0.2) is 41.2 Å². The second-order valence-electron chi connectivity index (χ2n) is 7.19. The molecule has 0 aliphatic carbocycles. The monoisotopic (exact) mass is 424 g/mol. The molecular formula is C23H24N2O2S2. The summed E-state index contributed by atoms with van der Waals surface area (Å²) in [6, 6.07) is 14.0. The lowest BCUT2D eigenvalue weighted by Gasteiger charge is -2.38. The topological polar surface area (TPSA) is 40.6 Å². The second-order valence-corrected chi connectivity index (χ2v) is 9.14. The highest BCUT2D eigenvalue weighted by Gasteiger charge is 2.34. The molecule has 0 saturated heterocycles. The number of aryl methyl sites for hydroxylation is 1. The maximum atomic E-state index is 13.4. The molecule has 1 unspecified atom stereocenters. The van der Waals surface area contributed by atoms with Crippen LogP contribution in [0.2, 0.25) is 0 Å². The third kappa shape index (κ3) is 3.87. The van der Waals surface area contributed by atoms with Crippen LogP contribution in [0, 0.1) is 6.92 Å². The fourth-order valence-electron chi connectivity index (χ4n) is 3.95. The Bertz CT molecular complexity index is 1010. The van der Waals surface area contributed by atoms with E-state index in [1.807, 2.05) is 41.5 Å². The third-order valence-corrected chi connectivity index (χ3v) is 7.35. The summed E-state index contributed by atoms with van der Waals surface area (Å²) in [6.07, 6.45) is 0.867. The molecule has 2 amide bonds. The van der Waals surface area contributed by atoms with Gasteiger partial charge < -0.3 is 9.80 Å². The molecule has 3 aromatic rings. The van der Waals surface area contributed by atoms with Gasteiger partial charge in [0, 0.05) is 18.0 Å². The second kappa shape index (κ2) is 8.51. The Morgan fingerprint density at radius 3 is 2.62 bits per heavy atom. The number of likely N-dealkylation sites (N-methyl/N-ethyl adjacent to an activating group) is 1. The largest absolute Gasteiger partial charge is 0.330 e. The van der Waals surface area contributed by atoms with Gasteiger partial charge >= 0.3 is 0 Å². The van der Waals surface area contributed by atoms with Crippen molar-refractivity contribution in [2.75, 3.05) is 19.6 Å². The normalized spacial score (nSPS) is 15.8. The number of hydrogen-bond donors (Lipinski definition) is 0. The summed E-state index contributed by atoms with van der Waals surface area (Å²) in [7, 11) is 0. The highest BCUT2D eigenvalue weighted by Crippen LogP contribution is 2.39. The van der Waals surface area contributed by atoms with Crippen molar-refractivity contribution >= 4 is 34.5 Å². The van der Waals surface area contributed by atoms with Crippen molar-refractivity contribution in [1.29, 1.82) is 0 Å². The van der Waals surface area contributed by atoms with Crippen molar-refractivity contribution in [2.24, 2.45) is 0 Å². The van der Waals surface area contributed by atoms with E-state index in [1.54, 1.807) is 16.2 Å². The first-order valence-electron chi connectivity index (χ1n) is 9.84. The lowest BCUT2D eigenvalue weighted by molar-refractivity contribution is -0.134. The van der Waals surface area contributed by atoms with E-state index in [0.29, 0.717) is 18.0 Å². The summed E-state index contributed by atoms with van der Waals surface area (Å²) in [5.74, 6) is -0.0709. The van der Waals surface area contributed by atoms with E-state index in [2.05, 4.69) is 30.5 Å². The minimum atomic E-state index is -0.0887. The average molecular weight is 425 g/mol. The molecule has 29 heavy (non-hydrogen) atoms. The molecule has 0 N–H and O–H groups in total. The van der Waals surface area contributed by atoms with Crippen molar-refractivity contribution in [1.82, 2.24) is 9.80 Å². The molecule has 4 nitrogen and oxygen atoms in total. The first kappa shape index (κ1) is 19.9. The van der Waals surface area contributed by atoms with Crippen molar-refractivity contribution in [3.05, 3.63) is 79.7 Å². The van der Waals surface area contributed by atoms with Crippen molar-refractivity contribution < 1.29 is 9.59 Å². The Labute approximate surface area is 179 Å². The highest BCUT2D eigenvalue weighted by atomic mass is 32.1. The van der Waals surface area contributed by atoms with Crippen LogP contribution in [0.4, 0.5) is 0 Å². The predicted molar refractivity (Wildman–Crippen MR) is 119 cm³/mol. The lowest BCUT2D eigenvalue weighted by atomic mass is 9.90.